The van der Waals surface area contributed by atoms with E-state index in [0.717, 1.165) is 53.7 Å². The maximum absolute atomic E-state index is 12.6. The van der Waals surface area contributed by atoms with Crippen molar-refractivity contribution >= 4 is 23.0 Å². The van der Waals surface area contributed by atoms with Gasteiger partial charge in [0.25, 0.3) is 5.91 Å². The molecule has 190 valence electrons. The Hall–Kier alpha value is -2.39. The molecule has 2 aromatic carbocycles. The number of hydrogen-bond donors (Lipinski definition) is 4. The van der Waals surface area contributed by atoms with Crippen molar-refractivity contribution in [2.24, 2.45) is 0 Å². The fourth-order valence-electron chi connectivity index (χ4n) is 4.13. The number of hydrogen-bond acceptors (Lipinski definition) is 5. The van der Waals surface area contributed by atoms with Gasteiger partial charge in [0.05, 0.1) is 32.9 Å². The van der Waals surface area contributed by atoms with E-state index in [-0.39, 0.29) is 36.5 Å². The summed E-state index contributed by atoms with van der Waals surface area (Å²) in [4.78, 5) is 12.6. The van der Waals surface area contributed by atoms with Crippen LogP contribution in [0.3, 0.4) is 0 Å². The van der Waals surface area contributed by atoms with Crippen molar-refractivity contribution < 1.29 is 48.4 Å². The molecule has 0 aromatic heterocycles. The summed E-state index contributed by atoms with van der Waals surface area (Å²) in [5.41, 5.74) is 14.3. The van der Waals surface area contributed by atoms with E-state index < -0.39 is 0 Å². The monoisotopic (exact) mass is 513 g/mol. The topological polar surface area (TPSA) is 111 Å². The Morgan fingerprint density at radius 1 is 1.03 bits per heavy atom. The summed E-state index contributed by atoms with van der Waals surface area (Å²) >= 11 is 0. The van der Waals surface area contributed by atoms with Gasteiger partial charge in [-0.3, -0.25) is 4.79 Å². The number of phenolic OH excluding ortho intramolecular Hbond substituents is 1. The minimum absolute atomic E-state index is 0. The lowest BCUT2D eigenvalue weighted by Crippen LogP contribution is -3.00. The van der Waals surface area contributed by atoms with Crippen LogP contribution in [0, 0.1) is 6.92 Å². The number of quaternary nitrogens is 2. The molecule has 8 nitrogen and oxygen atoms in total. The van der Waals surface area contributed by atoms with Gasteiger partial charge in [0.1, 0.15) is 37.7 Å². The zero-order valence-electron chi connectivity index (χ0n) is 20.2. The second-order valence-corrected chi connectivity index (χ2v) is 9.56. The molecule has 0 bridgehead atoms. The number of nitrogens with two attached hydrogens (primary N) is 2. The number of anilines is 3. The molecule has 1 fully saturated rings. The van der Waals surface area contributed by atoms with Crippen LogP contribution in [-0.2, 0) is 4.79 Å². The summed E-state index contributed by atoms with van der Waals surface area (Å²) in [6, 6.07) is 10.5. The molecule has 10 heteroatoms. The van der Waals surface area contributed by atoms with Crippen LogP contribution in [0.15, 0.2) is 36.4 Å². The summed E-state index contributed by atoms with van der Waals surface area (Å²) in [6.07, 6.45) is 0.932. The third kappa shape index (κ3) is 8.13. The number of benzene rings is 2. The van der Waals surface area contributed by atoms with Crippen LogP contribution in [-0.4, -0.2) is 80.0 Å². The molecule has 34 heavy (non-hydrogen) atoms. The van der Waals surface area contributed by atoms with Crippen LogP contribution < -0.4 is 46.3 Å². The number of carbonyl (C=O) groups excluding carboxylic acids is 1. The van der Waals surface area contributed by atoms with Gasteiger partial charge < -0.3 is 60.4 Å². The average molecular weight is 514 g/mol. The standard InChI is InChI=1S/C24H35N5O3.2ClH/c1-18-5-7-20(16-22(18)30)27-24(31)17-29(3)12-10-28(2,11-13-29)9-4-14-32-23-8-6-19(25)15-21(23)26;;/h5-8,15-16H,4,9-14,17,25-26H2,1-3H3;2*1H. The highest BCUT2D eigenvalue weighted by atomic mass is 35.5. The number of nitrogens with one attached hydrogen (secondary N) is 1. The molecule has 1 aliphatic rings. The third-order valence-corrected chi connectivity index (χ3v) is 6.51. The van der Waals surface area contributed by atoms with Gasteiger partial charge in [-0.2, -0.15) is 0 Å². The molecule has 0 unspecified atom stereocenters. The Morgan fingerprint density at radius 3 is 2.29 bits per heavy atom. The number of ether oxygens (including phenoxy) is 1. The van der Waals surface area contributed by atoms with Gasteiger partial charge in [0.2, 0.25) is 0 Å². The first-order valence-corrected chi connectivity index (χ1v) is 11.1. The van der Waals surface area contributed by atoms with Crippen molar-refractivity contribution in [1.82, 2.24) is 0 Å². The Labute approximate surface area is 214 Å². The lowest BCUT2D eigenvalue weighted by molar-refractivity contribution is -1.01. The molecule has 6 N–H and O–H groups in total. The maximum Gasteiger partial charge on any atom is 0.279 e. The zero-order valence-corrected chi connectivity index (χ0v) is 21.7. The summed E-state index contributed by atoms with van der Waals surface area (Å²) < 4.78 is 7.52. The fraction of sp³-hybridized carbons (Fsp3) is 0.458. The van der Waals surface area contributed by atoms with E-state index >= 15 is 0 Å². The molecule has 1 heterocycles. The molecule has 0 atom stereocenters. The zero-order chi connectivity index (χ0) is 23.4. The Kier molecular flexibility index (Phi) is 10.8. The highest BCUT2D eigenvalue weighted by Crippen LogP contribution is 2.24. The second-order valence-electron chi connectivity index (χ2n) is 9.56. The number of aromatic hydroxyl groups is 1. The predicted molar refractivity (Wildman–Crippen MR) is 128 cm³/mol. The number of piperazine rings is 1. The fourth-order valence-corrected chi connectivity index (χ4v) is 4.13. The molecule has 1 saturated heterocycles. The number of halogens is 2. The van der Waals surface area contributed by atoms with Gasteiger partial charge in [-0.1, -0.05) is 6.07 Å². The van der Waals surface area contributed by atoms with E-state index in [9.17, 15) is 9.90 Å². The van der Waals surface area contributed by atoms with Crippen molar-refractivity contribution in [3.63, 3.8) is 0 Å². The summed E-state index contributed by atoms with van der Waals surface area (Å²) in [6.45, 7) is 7.79. The molecular weight excluding hydrogens is 477 g/mol. The molecule has 0 spiro atoms. The minimum Gasteiger partial charge on any atom is -1.00 e. The second kappa shape index (κ2) is 12.4. The van der Waals surface area contributed by atoms with Gasteiger partial charge in [-0.05, 0) is 36.8 Å². The van der Waals surface area contributed by atoms with E-state index in [2.05, 4.69) is 19.4 Å². The van der Waals surface area contributed by atoms with Crippen LogP contribution in [0.1, 0.15) is 12.0 Å². The highest BCUT2D eigenvalue weighted by molar-refractivity contribution is 5.91. The molecule has 0 radical (unpaired) electrons. The molecule has 3 rings (SSSR count). The largest absolute Gasteiger partial charge is 1.00 e. The van der Waals surface area contributed by atoms with E-state index in [1.807, 2.05) is 19.1 Å². The van der Waals surface area contributed by atoms with E-state index in [1.54, 1.807) is 24.3 Å². The number of nitrogen functional groups attached to an aromatic ring is 2. The molecule has 1 amide bonds. The van der Waals surface area contributed by atoms with Gasteiger partial charge >= 0.3 is 0 Å². The van der Waals surface area contributed by atoms with E-state index in [1.165, 1.54) is 0 Å². The van der Waals surface area contributed by atoms with Crippen molar-refractivity contribution in [3.05, 3.63) is 42.0 Å². The Morgan fingerprint density at radius 2 is 1.68 bits per heavy atom. The number of amides is 1. The van der Waals surface area contributed by atoms with Crippen molar-refractivity contribution in [1.29, 1.82) is 0 Å². The Balaban J connectivity index is 0.00000289. The lowest BCUT2D eigenvalue weighted by atomic mass is 10.2. The lowest BCUT2D eigenvalue weighted by Gasteiger charge is -2.46. The first kappa shape index (κ1) is 29.6. The van der Waals surface area contributed by atoms with Crippen LogP contribution >= 0.6 is 0 Å². The van der Waals surface area contributed by atoms with Gasteiger partial charge in [0.15, 0.2) is 6.54 Å². The molecule has 0 aliphatic carbocycles. The molecule has 0 saturated carbocycles. The number of aryl methyl sites for hydroxylation is 1. The summed E-state index contributed by atoms with van der Waals surface area (Å²) in [7, 11) is 4.42. The normalized spacial score (nSPS) is 21.6. The number of carbonyl (C=O) groups is 1. The molecule has 1 aliphatic heterocycles. The van der Waals surface area contributed by atoms with Gasteiger partial charge in [-0.25, -0.2) is 0 Å². The maximum atomic E-state index is 12.6. The first-order chi connectivity index (χ1) is 15.1. The van der Waals surface area contributed by atoms with Gasteiger partial charge in [-0.15, -0.1) is 0 Å². The SMILES string of the molecule is Cc1ccc(NC(=O)C[N+]2(C)CC[N+](C)(CCCOc3ccc(N)cc3N)CC2)cc1O.[Cl-].[Cl-]. The van der Waals surface area contributed by atoms with Crippen molar-refractivity contribution in [2.75, 3.05) is 76.8 Å². The van der Waals surface area contributed by atoms with Crippen molar-refractivity contribution in [2.45, 2.75) is 13.3 Å². The summed E-state index contributed by atoms with van der Waals surface area (Å²) in [5.74, 6) is 0.844. The third-order valence-electron chi connectivity index (χ3n) is 6.51. The van der Waals surface area contributed by atoms with Crippen LogP contribution in [0.5, 0.6) is 11.5 Å². The minimum atomic E-state index is -0.0265. The number of nitrogens with zero attached hydrogens (tertiary/aromatic N) is 2. The summed E-state index contributed by atoms with van der Waals surface area (Å²) in [5, 5.41) is 12.8. The number of phenols is 1. The quantitative estimate of drug-likeness (QED) is 0.164. The molecular formula is C24H37Cl2N5O3. The number of rotatable bonds is 8. The van der Waals surface area contributed by atoms with E-state index in [4.69, 9.17) is 16.2 Å². The van der Waals surface area contributed by atoms with E-state index in [0.29, 0.717) is 36.0 Å². The van der Waals surface area contributed by atoms with Gasteiger partial charge in [0, 0.05) is 23.9 Å². The van der Waals surface area contributed by atoms with Crippen LogP contribution in [0.4, 0.5) is 17.1 Å². The number of likely N-dealkylation sites (N-methyl/N-ethyl adjacent to an activating group) is 2. The smallest absolute Gasteiger partial charge is 0.279 e. The van der Waals surface area contributed by atoms with Crippen LogP contribution in [0.25, 0.3) is 0 Å². The first-order valence-electron chi connectivity index (χ1n) is 11.1. The highest BCUT2D eigenvalue weighted by Gasteiger charge is 2.38. The molecule has 2 aromatic rings. The Bertz CT molecular complexity index is 966. The average Bonchev–Trinajstić information content (AvgIpc) is 2.72. The van der Waals surface area contributed by atoms with Crippen LogP contribution in [0.2, 0.25) is 0 Å². The predicted octanol–water partition coefficient (Wildman–Crippen LogP) is -3.81. The van der Waals surface area contributed by atoms with Crippen molar-refractivity contribution in [3.8, 4) is 11.5 Å².